The molecule has 2 aliphatic heterocycles. The summed E-state index contributed by atoms with van der Waals surface area (Å²) in [6.07, 6.45) is 4.20. The second-order valence-electron chi connectivity index (χ2n) is 8.77. The number of amides is 1. The minimum absolute atomic E-state index is 0.0366. The third-order valence-corrected chi connectivity index (χ3v) is 6.47. The summed E-state index contributed by atoms with van der Waals surface area (Å²) in [5.41, 5.74) is 5.38. The van der Waals surface area contributed by atoms with Crippen LogP contribution in [0.1, 0.15) is 54.0 Å². The van der Waals surface area contributed by atoms with Crippen molar-refractivity contribution < 1.29 is 14.3 Å². The number of likely N-dealkylation sites (tertiary alicyclic amines) is 1. The molecule has 0 saturated carbocycles. The van der Waals surface area contributed by atoms with Crippen molar-refractivity contribution in [3.05, 3.63) is 58.7 Å². The number of benzene rings is 2. The summed E-state index contributed by atoms with van der Waals surface area (Å²) in [6.45, 7) is 6.55. The Kier molecular flexibility index (Phi) is 6.80. The van der Waals surface area contributed by atoms with Crippen LogP contribution in [0.4, 0.5) is 0 Å². The highest BCUT2D eigenvalue weighted by Crippen LogP contribution is 2.39. The zero-order valence-corrected chi connectivity index (χ0v) is 19.6. The molecule has 0 bridgehead atoms. The topological polar surface area (TPSA) is 54.4 Å². The number of hydrogen-bond acceptors (Lipinski definition) is 5. The van der Waals surface area contributed by atoms with Gasteiger partial charge in [0.25, 0.3) is 5.91 Å². The first-order valence-electron chi connectivity index (χ1n) is 11.4. The van der Waals surface area contributed by atoms with Crippen molar-refractivity contribution in [2.75, 3.05) is 33.9 Å². The quantitative estimate of drug-likeness (QED) is 0.671. The van der Waals surface area contributed by atoms with Gasteiger partial charge in [-0.05, 0) is 57.5 Å². The van der Waals surface area contributed by atoms with Crippen LogP contribution in [0.25, 0.3) is 0 Å². The van der Waals surface area contributed by atoms with E-state index in [0.717, 1.165) is 48.5 Å². The Hall–Kier alpha value is -2.86. The molecule has 1 fully saturated rings. The predicted molar refractivity (Wildman–Crippen MR) is 126 cm³/mol. The Balaban J connectivity index is 1.68. The van der Waals surface area contributed by atoms with E-state index in [-0.39, 0.29) is 11.9 Å². The molecule has 2 aliphatic rings. The second-order valence-corrected chi connectivity index (χ2v) is 8.77. The van der Waals surface area contributed by atoms with Crippen LogP contribution in [-0.2, 0) is 4.79 Å². The molecular formula is C26H33N3O3. The van der Waals surface area contributed by atoms with Crippen LogP contribution in [0.5, 0.6) is 11.5 Å². The van der Waals surface area contributed by atoms with Gasteiger partial charge in [-0.15, -0.1) is 0 Å². The van der Waals surface area contributed by atoms with Crippen LogP contribution in [0.2, 0.25) is 0 Å². The summed E-state index contributed by atoms with van der Waals surface area (Å²) < 4.78 is 11.1. The Labute approximate surface area is 190 Å². The minimum atomic E-state index is -0.205. The molecule has 1 amide bonds. The standard InChI is InChI=1S/C26H33N3O3/c1-18-8-10-21(19(2)14-18)23-16-24(22-11-9-20(31-3)15-25(22)32-4)29(27-23)26(30)17-28-12-6-5-7-13-28/h8-11,14-15,24H,5-7,12-13,16-17H2,1-4H3. The number of carbonyl (C=O) groups is 1. The van der Waals surface area contributed by atoms with Crippen LogP contribution in [-0.4, -0.2) is 55.4 Å². The van der Waals surface area contributed by atoms with E-state index in [2.05, 4.69) is 36.9 Å². The van der Waals surface area contributed by atoms with Gasteiger partial charge in [0.15, 0.2) is 0 Å². The first-order valence-corrected chi connectivity index (χ1v) is 11.4. The average Bonchev–Trinajstić information content (AvgIpc) is 3.24. The molecule has 0 aliphatic carbocycles. The average molecular weight is 436 g/mol. The molecule has 2 aromatic rings. The first kappa shape index (κ1) is 22.3. The molecule has 170 valence electrons. The van der Waals surface area contributed by atoms with E-state index in [1.54, 1.807) is 19.2 Å². The molecule has 1 atom stereocenters. The lowest BCUT2D eigenvalue weighted by Crippen LogP contribution is -2.40. The predicted octanol–water partition coefficient (Wildman–Crippen LogP) is 4.48. The van der Waals surface area contributed by atoms with Crippen molar-refractivity contribution in [2.24, 2.45) is 5.10 Å². The summed E-state index contributed by atoms with van der Waals surface area (Å²) in [6, 6.07) is 12.0. The summed E-state index contributed by atoms with van der Waals surface area (Å²) in [4.78, 5) is 15.7. The zero-order valence-electron chi connectivity index (χ0n) is 19.6. The van der Waals surface area contributed by atoms with E-state index in [0.29, 0.717) is 18.7 Å². The van der Waals surface area contributed by atoms with Crippen molar-refractivity contribution in [3.8, 4) is 11.5 Å². The van der Waals surface area contributed by atoms with Gasteiger partial charge in [-0.2, -0.15) is 5.10 Å². The zero-order chi connectivity index (χ0) is 22.7. The fourth-order valence-electron chi connectivity index (χ4n) is 4.76. The number of aryl methyl sites for hydroxylation is 2. The third kappa shape index (κ3) is 4.65. The number of methoxy groups -OCH3 is 2. The summed E-state index contributed by atoms with van der Waals surface area (Å²) in [7, 11) is 3.29. The fraction of sp³-hybridized carbons (Fsp3) is 0.462. The van der Waals surface area contributed by atoms with Gasteiger partial charge >= 0.3 is 0 Å². The molecule has 6 heteroatoms. The van der Waals surface area contributed by atoms with E-state index < -0.39 is 0 Å². The summed E-state index contributed by atoms with van der Waals surface area (Å²) in [5.74, 6) is 1.47. The molecule has 32 heavy (non-hydrogen) atoms. The molecule has 2 heterocycles. The number of hydrazone groups is 1. The highest BCUT2D eigenvalue weighted by molar-refractivity contribution is 6.04. The van der Waals surface area contributed by atoms with E-state index >= 15 is 0 Å². The highest BCUT2D eigenvalue weighted by Gasteiger charge is 2.36. The van der Waals surface area contributed by atoms with Gasteiger partial charge < -0.3 is 9.47 Å². The van der Waals surface area contributed by atoms with Crippen LogP contribution < -0.4 is 9.47 Å². The number of rotatable bonds is 6. The largest absolute Gasteiger partial charge is 0.497 e. The van der Waals surface area contributed by atoms with Crippen molar-refractivity contribution in [1.82, 2.24) is 9.91 Å². The van der Waals surface area contributed by atoms with Crippen LogP contribution in [0, 0.1) is 13.8 Å². The van der Waals surface area contributed by atoms with Crippen molar-refractivity contribution in [3.63, 3.8) is 0 Å². The molecule has 0 radical (unpaired) electrons. The Bertz CT molecular complexity index is 1010. The van der Waals surface area contributed by atoms with E-state index in [1.165, 1.54) is 17.5 Å². The molecule has 4 rings (SSSR count). The fourth-order valence-corrected chi connectivity index (χ4v) is 4.76. The van der Waals surface area contributed by atoms with Gasteiger partial charge in [-0.1, -0.05) is 30.2 Å². The van der Waals surface area contributed by atoms with Gasteiger partial charge in [0.05, 0.1) is 32.5 Å². The molecular weight excluding hydrogens is 402 g/mol. The van der Waals surface area contributed by atoms with Crippen molar-refractivity contribution in [2.45, 2.75) is 45.6 Å². The lowest BCUT2D eigenvalue weighted by Gasteiger charge is -2.29. The van der Waals surface area contributed by atoms with E-state index in [1.807, 2.05) is 18.2 Å². The molecule has 0 N–H and O–H groups in total. The van der Waals surface area contributed by atoms with E-state index in [9.17, 15) is 4.79 Å². The van der Waals surface area contributed by atoms with Gasteiger partial charge in [0, 0.05) is 23.6 Å². The summed E-state index contributed by atoms with van der Waals surface area (Å²) in [5, 5.41) is 6.57. The minimum Gasteiger partial charge on any atom is -0.497 e. The maximum absolute atomic E-state index is 13.4. The number of nitrogens with zero attached hydrogens (tertiary/aromatic N) is 3. The summed E-state index contributed by atoms with van der Waals surface area (Å²) >= 11 is 0. The monoisotopic (exact) mass is 435 g/mol. The SMILES string of the molecule is COc1ccc(C2CC(c3ccc(C)cc3C)=NN2C(=O)CN2CCCCC2)c(OC)c1. The van der Waals surface area contributed by atoms with Gasteiger partial charge in [0.1, 0.15) is 11.5 Å². The maximum atomic E-state index is 13.4. The van der Waals surface area contributed by atoms with Crippen LogP contribution >= 0.6 is 0 Å². The van der Waals surface area contributed by atoms with Crippen molar-refractivity contribution >= 4 is 11.6 Å². The first-order chi connectivity index (χ1) is 15.5. The maximum Gasteiger partial charge on any atom is 0.257 e. The van der Waals surface area contributed by atoms with Gasteiger partial charge in [0.2, 0.25) is 0 Å². The van der Waals surface area contributed by atoms with Gasteiger partial charge in [-0.3, -0.25) is 9.69 Å². The second kappa shape index (κ2) is 9.74. The smallest absolute Gasteiger partial charge is 0.257 e. The van der Waals surface area contributed by atoms with E-state index in [4.69, 9.17) is 14.6 Å². The Morgan fingerprint density at radius 3 is 2.50 bits per heavy atom. The molecule has 0 spiro atoms. The van der Waals surface area contributed by atoms with Crippen LogP contribution in [0.15, 0.2) is 41.5 Å². The van der Waals surface area contributed by atoms with Crippen molar-refractivity contribution in [1.29, 1.82) is 0 Å². The number of carbonyl (C=O) groups excluding carboxylic acids is 1. The molecule has 1 saturated heterocycles. The number of piperidine rings is 1. The highest BCUT2D eigenvalue weighted by atomic mass is 16.5. The normalized spacial score (nSPS) is 19.1. The number of ether oxygens (including phenoxy) is 2. The molecule has 1 unspecified atom stereocenters. The Morgan fingerprint density at radius 1 is 1.03 bits per heavy atom. The molecule has 0 aromatic heterocycles. The van der Waals surface area contributed by atoms with Gasteiger partial charge in [-0.25, -0.2) is 5.01 Å². The molecule has 6 nitrogen and oxygen atoms in total. The number of hydrogen-bond donors (Lipinski definition) is 0. The Morgan fingerprint density at radius 2 is 1.81 bits per heavy atom. The lowest BCUT2D eigenvalue weighted by atomic mass is 9.94. The van der Waals surface area contributed by atoms with Crippen LogP contribution in [0.3, 0.4) is 0 Å². The third-order valence-electron chi connectivity index (χ3n) is 6.47. The lowest BCUT2D eigenvalue weighted by molar-refractivity contribution is -0.134. The molecule has 2 aromatic carbocycles.